The average Bonchev–Trinajstić information content (AvgIpc) is 2.68. The van der Waals surface area contributed by atoms with Gasteiger partial charge in [-0.2, -0.15) is 0 Å². The van der Waals surface area contributed by atoms with Gasteiger partial charge in [-0.05, 0) is 53.6 Å². The summed E-state index contributed by atoms with van der Waals surface area (Å²) in [5, 5.41) is 9.25. The van der Waals surface area contributed by atoms with E-state index in [1.807, 2.05) is 18.2 Å². The van der Waals surface area contributed by atoms with Crippen LogP contribution in [0, 0.1) is 5.82 Å². The number of hydrogen-bond acceptors (Lipinski definition) is 3. The van der Waals surface area contributed by atoms with E-state index < -0.39 is 6.10 Å². The molecule has 2 unspecified atom stereocenters. The van der Waals surface area contributed by atoms with Crippen LogP contribution in [0.5, 0.6) is 0 Å². The first-order valence-electron chi connectivity index (χ1n) is 8.24. The molecule has 1 N–H and O–H groups in total. The highest BCUT2D eigenvalue weighted by atomic mass is 19.1. The van der Waals surface area contributed by atoms with Gasteiger partial charge in [-0.15, -0.1) is 0 Å². The topological polar surface area (TPSA) is 46.5 Å². The first-order valence-corrected chi connectivity index (χ1v) is 8.24. The van der Waals surface area contributed by atoms with Crippen LogP contribution in [0.2, 0.25) is 0 Å². The second-order valence-electron chi connectivity index (χ2n) is 6.22. The van der Waals surface area contributed by atoms with Gasteiger partial charge in [-0.25, -0.2) is 4.39 Å². The Kier molecular flexibility index (Phi) is 4.95. The molecule has 4 heteroatoms. The van der Waals surface area contributed by atoms with Gasteiger partial charge in [0.1, 0.15) is 11.9 Å². The maximum atomic E-state index is 13.9. The van der Waals surface area contributed by atoms with Crippen molar-refractivity contribution in [1.29, 1.82) is 0 Å². The summed E-state index contributed by atoms with van der Waals surface area (Å²) in [6.45, 7) is 1.44. The van der Waals surface area contributed by atoms with Gasteiger partial charge in [0.15, 0.2) is 0 Å². The number of hydrogen-bond donors (Lipinski definition) is 1. The van der Waals surface area contributed by atoms with Crippen molar-refractivity contribution in [1.82, 2.24) is 0 Å². The number of benzene rings is 2. The van der Waals surface area contributed by atoms with Gasteiger partial charge in [0, 0.05) is 19.4 Å². The SMILES string of the molecule is CC(=O)OC1c2cc(F)ccc2Cc2ccccc2C1CCCO. The van der Waals surface area contributed by atoms with Crippen molar-refractivity contribution >= 4 is 5.97 Å². The quantitative estimate of drug-likeness (QED) is 0.866. The molecule has 2 aromatic rings. The largest absolute Gasteiger partial charge is 0.457 e. The molecule has 0 aromatic heterocycles. The standard InChI is InChI=1S/C20H21FO3/c1-13(23)24-20-18(7-4-10-22)17-6-3-2-5-14(17)11-15-8-9-16(21)12-19(15)20/h2-3,5-6,8-9,12,18,20,22H,4,7,10-11H2,1H3. The zero-order valence-corrected chi connectivity index (χ0v) is 13.7. The first kappa shape index (κ1) is 16.7. The Morgan fingerprint density at radius 3 is 2.71 bits per heavy atom. The highest BCUT2D eigenvalue weighted by Gasteiger charge is 2.33. The van der Waals surface area contributed by atoms with Crippen LogP contribution in [0.25, 0.3) is 0 Å². The van der Waals surface area contributed by atoms with Crippen LogP contribution in [0.15, 0.2) is 42.5 Å². The van der Waals surface area contributed by atoms with Gasteiger partial charge >= 0.3 is 5.97 Å². The predicted octanol–water partition coefficient (Wildman–Crippen LogP) is 3.89. The molecular formula is C20H21FO3. The number of fused-ring (bicyclic) bond motifs is 2. The van der Waals surface area contributed by atoms with E-state index in [4.69, 9.17) is 4.74 Å². The van der Waals surface area contributed by atoms with E-state index in [1.54, 1.807) is 6.07 Å². The Bertz CT molecular complexity index is 741. The molecule has 0 saturated carbocycles. The second-order valence-corrected chi connectivity index (χ2v) is 6.22. The highest BCUT2D eigenvalue weighted by molar-refractivity contribution is 5.66. The molecule has 3 nitrogen and oxygen atoms in total. The van der Waals surface area contributed by atoms with E-state index in [0.29, 0.717) is 19.3 Å². The van der Waals surface area contributed by atoms with Crippen molar-refractivity contribution in [2.24, 2.45) is 0 Å². The fourth-order valence-electron chi connectivity index (χ4n) is 3.58. The van der Waals surface area contributed by atoms with E-state index in [0.717, 1.165) is 22.3 Å². The lowest BCUT2D eigenvalue weighted by Gasteiger charge is -2.27. The molecule has 0 aliphatic heterocycles. The summed E-state index contributed by atoms with van der Waals surface area (Å²) in [6, 6.07) is 12.7. The smallest absolute Gasteiger partial charge is 0.303 e. The summed E-state index contributed by atoms with van der Waals surface area (Å²) in [7, 11) is 0. The molecule has 1 aliphatic rings. The molecule has 3 rings (SSSR count). The minimum absolute atomic E-state index is 0.0709. The van der Waals surface area contributed by atoms with Crippen LogP contribution in [0.1, 0.15) is 54.0 Å². The number of aliphatic hydroxyl groups excluding tert-OH is 1. The van der Waals surface area contributed by atoms with Gasteiger partial charge in [0.05, 0.1) is 0 Å². The molecule has 126 valence electrons. The summed E-state index contributed by atoms with van der Waals surface area (Å²) >= 11 is 0. The number of esters is 1. The van der Waals surface area contributed by atoms with Crippen LogP contribution in [-0.2, 0) is 16.0 Å². The Morgan fingerprint density at radius 2 is 1.96 bits per heavy atom. The van der Waals surface area contributed by atoms with E-state index in [1.165, 1.54) is 19.1 Å². The molecular weight excluding hydrogens is 307 g/mol. The summed E-state index contributed by atoms with van der Waals surface area (Å²) in [5.41, 5.74) is 3.96. The fourth-order valence-corrected chi connectivity index (χ4v) is 3.58. The summed E-state index contributed by atoms with van der Waals surface area (Å²) in [5.74, 6) is -0.818. The zero-order chi connectivity index (χ0) is 17.1. The summed E-state index contributed by atoms with van der Waals surface area (Å²) < 4.78 is 19.5. The lowest BCUT2D eigenvalue weighted by molar-refractivity contribution is -0.148. The third-order valence-corrected chi connectivity index (χ3v) is 4.58. The summed E-state index contributed by atoms with van der Waals surface area (Å²) in [6.07, 6.45) is 1.41. The van der Waals surface area contributed by atoms with Gasteiger partial charge in [0.25, 0.3) is 0 Å². The van der Waals surface area contributed by atoms with E-state index in [-0.39, 0.29) is 24.3 Å². The third-order valence-electron chi connectivity index (χ3n) is 4.58. The van der Waals surface area contributed by atoms with E-state index >= 15 is 0 Å². The maximum Gasteiger partial charge on any atom is 0.303 e. The van der Waals surface area contributed by atoms with E-state index in [9.17, 15) is 14.3 Å². The predicted molar refractivity (Wildman–Crippen MR) is 89.2 cm³/mol. The van der Waals surface area contributed by atoms with Crippen molar-refractivity contribution in [2.75, 3.05) is 6.61 Å². The minimum Gasteiger partial charge on any atom is -0.457 e. The molecule has 2 aromatic carbocycles. The van der Waals surface area contributed by atoms with Crippen LogP contribution in [0.4, 0.5) is 4.39 Å². The number of aliphatic hydroxyl groups is 1. The van der Waals surface area contributed by atoms with Crippen LogP contribution >= 0.6 is 0 Å². The summed E-state index contributed by atoms with van der Waals surface area (Å²) in [4.78, 5) is 11.7. The molecule has 0 radical (unpaired) electrons. The number of carbonyl (C=O) groups is 1. The lowest BCUT2D eigenvalue weighted by Crippen LogP contribution is -2.18. The van der Waals surface area contributed by atoms with E-state index in [2.05, 4.69) is 6.07 Å². The van der Waals surface area contributed by atoms with Gasteiger partial charge in [0.2, 0.25) is 0 Å². The first-order chi connectivity index (χ1) is 11.6. The Morgan fingerprint density at radius 1 is 1.21 bits per heavy atom. The van der Waals surface area contributed by atoms with Gasteiger partial charge in [-0.1, -0.05) is 30.3 Å². The fraction of sp³-hybridized carbons (Fsp3) is 0.350. The maximum absolute atomic E-state index is 13.9. The van der Waals surface area contributed by atoms with Crippen molar-refractivity contribution in [3.63, 3.8) is 0 Å². The molecule has 0 amide bonds. The second kappa shape index (κ2) is 7.14. The van der Waals surface area contributed by atoms with Crippen LogP contribution in [0.3, 0.4) is 0 Å². The number of carbonyl (C=O) groups excluding carboxylic acids is 1. The molecule has 0 spiro atoms. The van der Waals surface area contributed by atoms with Crippen LogP contribution in [-0.4, -0.2) is 17.7 Å². The van der Waals surface area contributed by atoms with Crippen molar-refractivity contribution in [3.8, 4) is 0 Å². The number of halogens is 1. The van der Waals surface area contributed by atoms with Crippen molar-refractivity contribution in [3.05, 3.63) is 70.5 Å². The minimum atomic E-state index is -0.539. The third kappa shape index (κ3) is 3.34. The molecule has 2 atom stereocenters. The lowest BCUT2D eigenvalue weighted by atomic mass is 9.85. The number of rotatable bonds is 4. The Labute approximate surface area is 141 Å². The van der Waals surface area contributed by atoms with Gasteiger partial charge < -0.3 is 9.84 Å². The molecule has 1 aliphatic carbocycles. The monoisotopic (exact) mass is 328 g/mol. The molecule has 0 heterocycles. The van der Waals surface area contributed by atoms with Crippen molar-refractivity contribution < 1.29 is 19.0 Å². The number of ether oxygens (including phenoxy) is 1. The van der Waals surface area contributed by atoms with Gasteiger partial charge in [-0.3, -0.25) is 4.79 Å². The molecule has 0 saturated heterocycles. The van der Waals surface area contributed by atoms with Crippen LogP contribution < -0.4 is 0 Å². The normalized spacial score (nSPS) is 19.1. The molecule has 0 bridgehead atoms. The zero-order valence-electron chi connectivity index (χ0n) is 13.7. The van der Waals surface area contributed by atoms with Crippen molar-refractivity contribution in [2.45, 2.75) is 38.2 Å². The molecule has 24 heavy (non-hydrogen) atoms. The molecule has 0 fully saturated rings. The Balaban J connectivity index is 2.16. The Hall–Kier alpha value is -2.20. The average molecular weight is 328 g/mol. The highest BCUT2D eigenvalue weighted by Crippen LogP contribution is 2.44.